The third kappa shape index (κ3) is 1.83. The molecule has 1 aliphatic rings. The summed E-state index contributed by atoms with van der Waals surface area (Å²) in [5.41, 5.74) is 2.98. The van der Waals surface area contributed by atoms with E-state index >= 15 is 0 Å². The van der Waals surface area contributed by atoms with Gasteiger partial charge in [-0.25, -0.2) is 9.37 Å². The molecule has 2 nitrogen and oxygen atoms in total. The van der Waals surface area contributed by atoms with E-state index in [1.54, 1.807) is 17.4 Å². The van der Waals surface area contributed by atoms with E-state index in [9.17, 15) is 4.39 Å². The Morgan fingerprint density at radius 3 is 3.00 bits per heavy atom. The molecule has 3 aromatic rings. The van der Waals surface area contributed by atoms with Crippen molar-refractivity contribution in [2.75, 3.05) is 0 Å². The monoisotopic (exact) mass is 336 g/mol. The third-order valence-corrected chi connectivity index (χ3v) is 5.36. The number of thiophene rings is 1. The van der Waals surface area contributed by atoms with E-state index in [4.69, 9.17) is 0 Å². The molecule has 0 fully saturated rings. The van der Waals surface area contributed by atoms with Gasteiger partial charge in [-0.3, -0.25) is 0 Å². The Morgan fingerprint density at radius 1 is 1.26 bits per heavy atom. The molecule has 0 aliphatic heterocycles. The Morgan fingerprint density at radius 2 is 2.16 bits per heavy atom. The molecule has 96 valence electrons. The van der Waals surface area contributed by atoms with Crippen LogP contribution in [0.4, 0.5) is 4.39 Å². The lowest BCUT2D eigenvalue weighted by molar-refractivity contribution is 0.623. The number of rotatable bonds is 1. The highest BCUT2D eigenvalue weighted by molar-refractivity contribution is 9.10. The van der Waals surface area contributed by atoms with Crippen LogP contribution in [0, 0.1) is 5.82 Å². The molecule has 0 bridgehead atoms. The first-order chi connectivity index (χ1) is 9.20. The highest BCUT2D eigenvalue weighted by atomic mass is 79.9. The second-order valence-electron chi connectivity index (χ2n) is 4.78. The zero-order valence-electron chi connectivity index (χ0n) is 9.96. The molecular weight excluding hydrogens is 327 g/mol. The highest BCUT2D eigenvalue weighted by Crippen LogP contribution is 2.36. The summed E-state index contributed by atoms with van der Waals surface area (Å²) in [5.74, 6) is 0.572. The van der Waals surface area contributed by atoms with Crippen molar-refractivity contribution in [2.45, 2.75) is 19.3 Å². The number of aryl methyl sites for hydroxylation is 2. The zero-order chi connectivity index (χ0) is 13.0. The normalized spacial score (nSPS) is 14.2. The van der Waals surface area contributed by atoms with Gasteiger partial charge in [0, 0.05) is 10.9 Å². The Labute approximate surface area is 121 Å². The van der Waals surface area contributed by atoms with Gasteiger partial charge in [-0.1, -0.05) is 0 Å². The number of benzene rings is 1. The van der Waals surface area contributed by atoms with Crippen molar-refractivity contribution in [1.29, 1.82) is 0 Å². The molecule has 0 radical (unpaired) electrons. The molecule has 1 aromatic carbocycles. The number of fused-ring (bicyclic) bond motifs is 2. The Kier molecular flexibility index (Phi) is 2.53. The van der Waals surface area contributed by atoms with Crippen LogP contribution in [-0.2, 0) is 12.8 Å². The number of hydrogen-bond acceptors (Lipinski definition) is 2. The van der Waals surface area contributed by atoms with E-state index in [2.05, 4.69) is 32.0 Å². The van der Waals surface area contributed by atoms with Crippen molar-refractivity contribution in [1.82, 2.24) is 9.97 Å². The van der Waals surface area contributed by atoms with Gasteiger partial charge < -0.3 is 4.98 Å². The number of hydrogen-bond donors (Lipinski definition) is 1. The van der Waals surface area contributed by atoms with E-state index in [-0.39, 0.29) is 5.82 Å². The maximum absolute atomic E-state index is 13.5. The molecule has 0 spiro atoms. The van der Waals surface area contributed by atoms with Crippen LogP contribution in [0.5, 0.6) is 0 Å². The number of aromatic nitrogens is 2. The Bertz CT molecular complexity index is 730. The fourth-order valence-electron chi connectivity index (χ4n) is 2.57. The fourth-order valence-corrected chi connectivity index (χ4v) is 4.10. The molecule has 2 aromatic heterocycles. The molecule has 0 saturated heterocycles. The van der Waals surface area contributed by atoms with Crippen LogP contribution in [0.3, 0.4) is 0 Å². The van der Waals surface area contributed by atoms with Crippen LogP contribution < -0.4 is 0 Å². The van der Waals surface area contributed by atoms with Crippen LogP contribution in [0.2, 0.25) is 0 Å². The summed E-state index contributed by atoms with van der Waals surface area (Å²) in [6.45, 7) is 0. The van der Waals surface area contributed by atoms with Gasteiger partial charge in [0.25, 0.3) is 0 Å². The molecule has 1 N–H and O–H groups in total. The van der Waals surface area contributed by atoms with Crippen LogP contribution >= 0.6 is 27.3 Å². The Balaban J connectivity index is 1.86. The van der Waals surface area contributed by atoms with Crippen molar-refractivity contribution in [3.05, 3.63) is 38.9 Å². The molecule has 0 amide bonds. The predicted octanol–water partition coefficient (Wildman–Crippen LogP) is 4.68. The van der Waals surface area contributed by atoms with E-state index in [0.717, 1.165) is 21.7 Å². The smallest absolute Gasteiger partial charge is 0.148 e. The van der Waals surface area contributed by atoms with Crippen molar-refractivity contribution < 1.29 is 4.39 Å². The van der Waals surface area contributed by atoms with Crippen molar-refractivity contribution in [2.24, 2.45) is 0 Å². The molecule has 0 unspecified atom stereocenters. The third-order valence-electron chi connectivity index (χ3n) is 3.50. The van der Waals surface area contributed by atoms with Gasteiger partial charge in [0.1, 0.15) is 11.6 Å². The van der Waals surface area contributed by atoms with E-state index in [0.29, 0.717) is 4.47 Å². The topological polar surface area (TPSA) is 28.7 Å². The second kappa shape index (κ2) is 4.15. The maximum Gasteiger partial charge on any atom is 0.148 e. The lowest BCUT2D eigenvalue weighted by Crippen LogP contribution is -1.77. The van der Waals surface area contributed by atoms with E-state index in [1.165, 1.54) is 35.8 Å². The van der Waals surface area contributed by atoms with Crippen LogP contribution in [0.15, 0.2) is 22.7 Å². The van der Waals surface area contributed by atoms with Crippen LogP contribution in [-0.4, -0.2) is 9.97 Å². The minimum absolute atomic E-state index is 0.267. The summed E-state index contributed by atoms with van der Waals surface area (Å²) < 4.78 is 14.0. The van der Waals surface area contributed by atoms with Crippen molar-refractivity contribution in [3.8, 4) is 10.7 Å². The van der Waals surface area contributed by atoms with Crippen LogP contribution in [0.1, 0.15) is 16.9 Å². The SMILES string of the molecule is Fc1cc2[nH]c(-c3cc4c(s3)CCC4)nc2cc1Br. The van der Waals surface area contributed by atoms with Gasteiger partial charge in [-0.05, 0) is 52.9 Å². The first-order valence-corrected chi connectivity index (χ1v) is 7.78. The number of imidazole rings is 1. The van der Waals surface area contributed by atoms with Gasteiger partial charge in [0.15, 0.2) is 0 Å². The summed E-state index contributed by atoms with van der Waals surface area (Å²) in [7, 11) is 0. The first-order valence-electron chi connectivity index (χ1n) is 6.17. The molecule has 19 heavy (non-hydrogen) atoms. The molecule has 5 heteroatoms. The minimum Gasteiger partial charge on any atom is -0.337 e. The number of H-pyrrole nitrogens is 1. The zero-order valence-corrected chi connectivity index (χ0v) is 12.4. The van der Waals surface area contributed by atoms with E-state index < -0.39 is 0 Å². The average molecular weight is 337 g/mol. The lowest BCUT2D eigenvalue weighted by atomic mass is 10.2. The van der Waals surface area contributed by atoms with E-state index in [1.807, 2.05) is 0 Å². The van der Waals surface area contributed by atoms with Gasteiger partial charge >= 0.3 is 0 Å². The van der Waals surface area contributed by atoms with Crippen molar-refractivity contribution >= 4 is 38.3 Å². The summed E-state index contributed by atoms with van der Waals surface area (Å²) in [4.78, 5) is 10.4. The molecular formula is C14H10BrFN2S. The van der Waals surface area contributed by atoms with Gasteiger partial charge in [-0.2, -0.15) is 0 Å². The van der Waals surface area contributed by atoms with Gasteiger partial charge in [0.05, 0.1) is 20.4 Å². The van der Waals surface area contributed by atoms with Crippen molar-refractivity contribution in [3.63, 3.8) is 0 Å². The first kappa shape index (κ1) is 11.6. The number of halogens is 2. The number of nitrogens with zero attached hydrogens (tertiary/aromatic N) is 1. The van der Waals surface area contributed by atoms with Gasteiger partial charge in [-0.15, -0.1) is 11.3 Å². The molecule has 4 rings (SSSR count). The Hall–Kier alpha value is -1.20. The lowest BCUT2D eigenvalue weighted by Gasteiger charge is -1.92. The standard InChI is InChI=1S/C14H10BrFN2S/c15-8-5-10-11(6-9(8)16)18-14(17-10)13-4-7-2-1-3-12(7)19-13/h4-6H,1-3H2,(H,17,18). The predicted molar refractivity (Wildman–Crippen MR) is 79.1 cm³/mol. The minimum atomic E-state index is -0.267. The maximum atomic E-state index is 13.5. The summed E-state index contributed by atoms with van der Waals surface area (Å²) in [5, 5.41) is 0. The quantitative estimate of drug-likeness (QED) is 0.686. The number of nitrogens with one attached hydrogen (secondary N) is 1. The fraction of sp³-hybridized carbons (Fsp3) is 0.214. The molecule has 0 atom stereocenters. The summed E-state index contributed by atoms with van der Waals surface area (Å²) >= 11 is 4.99. The van der Waals surface area contributed by atoms with Crippen LogP contribution in [0.25, 0.3) is 21.7 Å². The largest absolute Gasteiger partial charge is 0.337 e. The summed E-state index contributed by atoms with van der Waals surface area (Å²) in [6, 6.07) is 5.42. The molecule has 1 aliphatic carbocycles. The molecule has 2 heterocycles. The van der Waals surface area contributed by atoms with Gasteiger partial charge in [0.2, 0.25) is 0 Å². The average Bonchev–Trinajstić information content (AvgIpc) is 3.01. The summed E-state index contributed by atoms with van der Waals surface area (Å²) in [6.07, 6.45) is 3.62. The highest BCUT2D eigenvalue weighted by Gasteiger charge is 2.17. The molecule has 0 saturated carbocycles. The number of aromatic amines is 1. The second-order valence-corrected chi connectivity index (χ2v) is 6.77.